The maximum Gasteiger partial charge on any atom is 0.257 e. The maximum absolute atomic E-state index is 13.0. The van der Waals surface area contributed by atoms with Crippen LogP contribution in [0.4, 0.5) is 0 Å². The van der Waals surface area contributed by atoms with E-state index in [9.17, 15) is 4.79 Å². The van der Waals surface area contributed by atoms with Crippen LogP contribution in [0.25, 0.3) is 5.52 Å². The fourth-order valence-electron chi connectivity index (χ4n) is 4.18. The van der Waals surface area contributed by atoms with Gasteiger partial charge < -0.3 is 10.2 Å². The van der Waals surface area contributed by atoms with E-state index < -0.39 is 0 Å². The van der Waals surface area contributed by atoms with E-state index in [0.717, 1.165) is 50.1 Å². The first-order chi connectivity index (χ1) is 11.3. The van der Waals surface area contributed by atoms with Crippen LogP contribution >= 0.6 is 12.4 Å². The third-order valence-corrected chi connectivity index (χ3v) is 5.66. The Labute approximate surface area is 148 Å². The van der Waals surface area contributed by atoms with E-state index in [1.165, 1.54) is 19.3 Å². The zero-order valence-corrected chi connectivity index (χ0v) is 14.7. The number of carbonyl (C=O) groups is 1. The van der Waals surface area contributed by atoms with Crippen molar-refractivity contribution in [3.05, 3.63) is 36.2 Å². The first-order valence-corrected chi connectivity index (χ1v) is 8.70. The zero-order chi connectivity index (χ0) is 15.7. The fourth-order valence-corrected chi connectivity index (χ4v) is 4.18. The van der Waals surface area contributed by atoms with E-state index in [1.54, 1.807) is 10.7 Å². The van der Waals surface area contributed by atoms with Crippen LogP contribution in [0.3, 0.4) is 0 Å². The molecule has 24 heavy (non-hydrogen) atoms. The lowest BCUT2D eigenvalue weighted by Gasteiger charge is -2.37. The molecule has 0 atom stereocenters. The van der Waals surface area contributed by atoms with Crippen LogP contribution in [0.15, 0.2) is 30.6 Å². The summed E-state index contributed by atoms with van der Waals surface area (Å²) < 4.78 is 1.78. The second kappa shape index (κ2) is 7.11. The largest absolute Gasteiger partial charge is 0.339 e. The van der Waals surface area contributed by atoms with E-state index in [1.807, 2.05) is 29.3 Å². The van der Waals surface area contributed by atoms with Gasteiger partial charge in [0.1, 0.15) is 0 Å². The number of carbonyl (C=O) groups excluding carboxylic acids is 1. The molecular formula is C18H25ClN4O. The number of hydrogen-bond donors (Lipinski definition) is 1. The minimum Gasteiger partial charge on any atom is -0.339 e. The summed E-state index contributed by atoms with van der Waals surface area (Å²) in [5.74, 6) is 0.136. The third-order valence-electron chi connectivity index (χ3n) is 5.66. The second-order valence-corrected chi connectivity index (χ2v) is 6.98. The van der Waals surface area contributed by atoms with Crippen molar-refractivity contribution in [2.75, 3.05) is 26.2 Å². The summed E-state index contributed by atoms with van der Waals surface area (Å²) in [6, 6.07) is 5.85. The van der Waals surface area contributed by atoms with Gasteiger partial charge in [-0.25, -0.2) is 4.52 Å². The number of aromatic nitrogens is 2. The van der Waals surface area contributed by atoms with Crippen LogP contribution in [0.1, 0.15) is 42.5 Å². The summed E-state index contributed by atoms with van der Waals surface area (Å²) in [7, 11) is 0. The van der Waals surface area contributed by atoms with Crippen molar-refractivity contribution in [1.82, 2.24) is 19.8 Å². The first kappa shape index (κ1) is 17.2. The van der Waals surface area contributed by atoms with Crippen LogP contribution in [0.2, 0.25) is 0 Å². The summed E-state index contributed by atoms with van der Waals surface area (Å²) in [5.41, 5.74) is 2.09. The molecule has 0 unspecified atom stereocenters. The number of nitrogens with zero attached hydrogens (tertiary/aromatic N) is 3. The van der Waals surface area contributed by atoms with Crippen molar-refractivity contribution >= 4 is 23.8 Å². The van der Waals surface area contributed by atoms with Crippen molar-refractivity contribution in [1.29, 1.82) is 0 Å². The highest BCUT2D eigenvalue weighted by molar-refractivity contribution is 6.00. The summed E-state index contributed by atoms with van der Waals surface area (Å²) in [5, 5.41) is 7.76. The molecule has 4 heterocycles. The lowest BCUT2D eigenvalue weighted by atomic mass is 9.73. The molecule has 2 aliphatic heterocycles. The minimum absolute atomic E-state index is 0. The van der Waals surface area contributed by atoms with Crippen LogP contribution in [0, 0.1) is 5.41 Å². The van der Waals surface area contributed by atoms with Crippen LogP contribution in [0.5, 0.6) is 0 Å². The van der Waals surface area contributed by atoms with Gasteiger partial charge in [-0.2, -0.15) is 5.10 Å². The summed E-state index contributed by atoms with van der Waals surface area (Å²) in [4.78, 5) is 15.0. The number of hydrogen-bond acceptors (Lipinski definition) is 3. The molecule has 6 heteroatoms. The topological polar surface area (TPSA) is 49.6 Å². The molecule has 2 aromatic heterocycles. The minimum atomic E-state index is 0. The number of fused-ring (bicyclic) bond motifs is 1. The van der Waals surface area contributed by atoms with Crippen molar-refractivity contribution < 1.29 is 4.79 Å². The van der Waals surface area contributed by atoms with Gasteiger partial charge in [0.2, 0.25) is 0 Å². The third kappa shape index (κ3) is 3.15. The van der Waals surface area contributed by atoms with Gasteiger partial charge in [-0.3, -0.25) is 4.79 Å². The van der Waals surface area contributed by atoms with Gasteiger partial charge in [0, 0.05) is 19.3 Å². The Bertz CT molecular complexity index is 708. The SMILES string of the molecule is Cl.O=C(c1cnn2ccccc12)N1CCCC2(CCNCC2)CC1. The molecule has 1 amide bonds. The molecule has 5 nitrogen and oxygen atoms in total. The number of likely N-dealkylation sites (tertiary alicyclic amines) is 1. The Morgan fingerprint density at radius 3 is 2.79 bits per heavy atom. The number of piperidine rings is 1. The maximum atomic E-state index is 13.0. The molecule has 2 aliphatic rings. The molecule has 1 spiro atoms. The van der Waals surface area contributed by atoms with E-state index in [2.05, 4.69) is 10.4 Å². The van der Waals surface area contributed by atoms with Gasteiger partial charge >= 0.3 is 0 Å². The van der Waals surface area contributed by atoms with Gasteiger partial charge in [-0.1, -0.05) is 6.07 Å². The Kier molecular flexibility index (Phi) is 5.11. The van der Waals surface area contributed by atoms with Gasteiger partial charge in [-0.15, -0.1) is 12.4 Å². The van der Waals surface area contributed by atoms with Crippen molar-refractivity contribution in [2.24, 2.45) is 5.41 Å². The van der Waals surface area contributed by atoms with E-state index >= 15 is 0 Å². The molecule has 0 aliphatic carbocycles. The normalized spacial score (nSPS) is 20.6. The highest BCUT2D eigenvalue weighted by atomic mass is 35.5. The van der Waals surface area contributed by atoms with Crippen molar-refractivity contribution in [3.8, 4) is 0 Å². The Balaban J connectivity index is 0.00000169. The molecule has 130 valence electrons. The predicted octanol–water partition coefficient (Wildman–Crippen LogP) is 2.75. The Morgan fingerprint density at radius 2 is 1.96 bits per heavy atom. The summed E-state index contributed by atoms with van der Waals surface area (Å²) in [6.07, 6.45) is 9.62. The van der Waals surface area contributed by atoms with Gasteiger partial charge in [0.25, 0.3) is 5.91 Å². The highest BCUT2D eigenvalue weighted by Gasteiger charge is 2.35. The Hall–Kier alpha value is -1.59. The zero-order valence-electron chi connectivity index (χ0n) is 13.9. The van der Waals surface area contributed by atoms with Crippen LogP contribution in [-0.4, -0.2) is 46.6 Å². The number of pyridine rings is 1. The van der Waals surface area contributed by atoms with Crippen molar-refractivity contribution in [3.63, 3.8) is 0 Å². The predicted molar refractivity (Wildman–Crippen MR) is 96.7 cm³/mol. The number of rotatable bonds is 1. The molecule has 2 saturated heterocycles. The second-order valence-electron chi connectivity index (χ2n) is 6.98. The van der Waals surface area contributed by atoms with E-state index in [4.69, 9.17) is 0 Å². The highest BCUT2D eigenvalue weighted by Crippen LogP contribution is 2.39. The standard InChI is InChI=1S/C18H24N4O.ClH/c23-17(15-14-20-22-12-2-1-4-16(15)22)21-11-3-5-18(8-13-21)6-9-19-10-7-18;/h1-2,4,12,14,19H,3,5-11,13H2;1H. The number of amides is 1. The van der Waals surface area contributed by atoms with Crippen LogP contribution < -0.4 is 5.32 Å². The Morgan fingerprint density at radius 1 is 1.12 bits per heavy atom. The molecule has 0 aromatic carbocycles. The molecule has 1 N–H and O–H groups in total. The quantitative estimate of drug-likeness (QED) is 0.862. The lowest BCUT2D eigenvalue weighted by Crippen LogP contribution is -2.38. The van der Waals surface area contributed by atoms with E-state index in [0.29, 0.717) is 5.41 Å². The van der Waals surface area contributed by atoms with Crippen LogP contribution in [-0.2, 0) is 0 Å². The summed E-state index contributed by atoms with van der Waals surface area (Å²) >= 11 is 0. The molecule has 0 saturated carbocycles. The smallest absolute Gasteiger partial charge is 0.257 e. The fraction of sp³-hybridized carbons (Fsp3) is 0.556. The summed E-state index contributed by atoms with van der Waals surface area (Å²) in [6.45, 7) is 4.01. The first-order valence-electron chi connectivity index (χ1n) is 8.70. The van der Waals surface area contributed by atoms with Gasteiger partial charge in [0.15, 0.2) is 0 Å². The molecule has 0 bridgehead atoms. The molecule has 2 fully saturated rings. The number of halogens is 1. The van der Waals surface area contributed by atoms with Gasteiger partial charge in [-0.05, 0) is 62.7 Å². The lowest BCUT2D eigenvalue weighted by molar-refractivity contribution is 0.0752. The molecule has 2 aromatic rings. The molecule has 4 rings (SSSR count). The average Bonchev–Trinajstić information content (AvgIpc) is 2.92. The van der Waals surface area contributed by atoms with Gasteiger partial charge in [0.05, 0.1) is 17.3 Å². The average molecular weight is 349 g/mol. The number of nitrogens with one attached hydrogen (secondary N) is 1. The molecular weight excluding hydrogens is 324 g/mol. The monoisotopic (exact) mass is 348 g/mol. The van der Waals surface area contributed by atoms with Crippen molar-refractivity contribution in [2.45, 2.75) is 32.1 Å². The molecule has 0 radical (unpaired) electrons. The van der Waals surface area contributed by atoms with E-state index in [-0.39, 0.29) is 18.3 Å².